The average molecular weight is 265 g/mol. The van der Waals surface area contributed by atoms with Crippen LogP contribution in [0, 0.1) is 6.92 Å². The Bertz CT molecular complexity index is 702. The Balaban J connectivity index is 2.07. The first-order valence-corrected chi connectivity index (χ1v) is 6.47. The number of hydrogen-bond donors (Lipinski definition) is 1. The van der Waals surface area contributed by atoms with Gasteiger partial charge in [-0.1, -0.05) is 48.0 Å². The molecule has 1 N–H and O–H groups in total. The van der Waals surface area contributed by atoms with Crippen LogP contribution in [0.5, 0.6) is 0 Å². The zero-order valence-corrected chi connectivity index (χ0v) is 11.2. The summed E-state index contributed by atoms with van der Waals surface area (Å²) in [6.45, 7) is 1.89. The number of benzene rings is 2. The minimum atomic E-state index is -0.145. The summed E-state index contributed by atoms with van der Waals surface area (Å²) >= 11 is 0. The topological polar surface area (TPSA) is 50.9 Å². The molecular formula is C16H15N3O. The van der Waals surface area contributed by atoms with Gasteiger partial charge in [-0.3, -0.25) is 0 Å². The van der Waals surface area contributed by atoms with Crippen molar-refractivity contribution < 1.29 is 5.11 Å². The Morgan fingerprint density at radius 2 is 1.70 bits per heavy atom. The van der Waals surface area contributed by atoms with Crippen molar-refractivity contribution in [2.24, 2.45) is 0 Å². The predicted molar refractivity (Wildman–Crippen MR) is 77.5 cm³/mol. The van der Waals surface area contributed by atoms with E-state index in [1.54, 1.807) is 4.68 Å². The lowest BCUT2D eigenvalue weighted by Gasteiger charge is -2.03. The highest BCUT2D eigenvalue weighted by Crippen LogP contribution is 2.18. The van der Waals surface area contributed by atoms with Gasteiger partial charge in [0.25, 0.3) is 0 Å². The number of aliphatic hydroxyl groups is 1. The van der Waals surface area contributed by atoms with Gasteiger partial charge in [0.15, 0.2) is 11.6 Å². The number of aromatic nitrogens is 3. The molecule has 0 atom stereocenters. The van der Waals surface area contributed by atoms with Crippen LogP contribution >= 0.6 is 0 Å². The number of hydrogen-bond acceptors (Lipinski definition) is 3. The van der Waals surface area contributed by atoms with E-state index in [9.17, 15) is 5.11 Å². The van der Waals surface area contributed by atoms with E-state index in [2.05, 4.69) is 10.1 Å². The molecule has 0 aliphatic carbocycles. The van der Waals surface area contributed by atoms with Crippen LogP contribution in [0.1, 0.15) is 11.4 Å². The van der Waals surface area contributed by atoms with Gasteiger partial charge in [0.1, 0.15) is 6.61 Å². The Morgan fingerprint density at radius 3 is 2.35 bits per heavy atom. The third kappa shape index (κ3) is 2.33. The molecule has 0 spiro atoms. The van der Waals surface area contributed by atoms with Crippen molar-refractivity contribution in [2.45, 2.75) is 13.5 Å². The molecular weight excluding hydrogens is 250 g/mol. The van der Waals surface area contributed by atoms with Crippen molar-refractivity contribution >= 4 is 0 Å². The summed E-state index contributed by atoms with van der Waals surface area (Å²) in [5, 5.41) is 14.0. The van der Waals surface area contributed by atoms with Crippen molar-refractivity contribution in [3.63, 3.8) is 0 Å². The highest BCUT2D eigenvalue weighted by Gasteiger charge is 2.11. The van der Waals surface area contributed by atoms with Gasteiger partial charge in [-0.05, 0) is 19.1 Å². The van der Waals surface area contributed by atoms with Gasteiger partial charge in [-0.15, -0.1) is 5.10 Å². The zero-order chi connectivity index (χ0) is 13.9. The molecule has 0 amide bonds. The highest BCUT2D eigenvalue weighted by molar-refractivity contribution is 5.54. The zero-order valence-electron chi connectivity index (χ0n) is 11.2. The van der Waals surface area contributed by atoms with Gasteiger partial charge >= 0.3 is 0 Å². The fourth-order valence-electron chi connectivity index (χ4n) is 2.05. The van der Waals surface area contributed by atoms with Gasteiger partial charge in [-0.2, -0.15) is 0 Å². The van der Waals surface area contributed by atoms with Crippen LogP contribution in [0.15, 0.2) is 54.6 Å². The maximum absolute atomic E-state index is 9.47. The molecule has 0 radical (unpaired) electrons. The molecule has 2 aromatic carbocycles. The summed E-state index contributed by atoms with van der Waals surface area (Å²) in [7, 11) is 0. The Kier molecular flexibility index (Phi) is 3.31. The van der Waals surface area contributed by atoms with Crippen molar-refractivity contribution in [1.29, 1.82) is 0 Å². The number of rotatable bonds is 3. The van der Waals surface area contributed by atoms with E-state index in [0.29, 0.717) is 11.6 Å². The second-order valence-corrected chi connectivity index (χ2v) is 4.62. The maximum Gasteiger partial charge on any atom is 0.181 e. The van der Waals surface area contributed by atoms with E-state index in [-0.39, 0.29) is 6.61 Å². The molecule has 3 aromatic rings. The van der Waals surface area contributed by atoms with Gasteiger partial charge in [0.2, 0.25) is 0 Å². The molecule has 0 unspecified atom stereocenters. The molecule has 0 fully saturated rings. The number of aliphatic hydroxyl groups excluding tert-OH is 1. The summed E-state index contributed by atoms with van der Waals surface area (Å²) in [6.07, 6.45) is 0. The summed E-state index contributed by atoms with van der Waals surface area (Å²) in [5.41, 5.74) is 3.02. The Morgan fingerprint density at radius 1 is 1.00 bits per heavy atom. The van der Waals surface area contributed by atoms with Crippen molar-refractivity contribution in [2.75, 3.05) is 0 Å². The molecule has 1 heterocycles. The monoisotopic (exact) mass is 265 g/mol. The lowest BCUT2D eigenvalue weighted by atomic mass is 10.2. The van der Waals surface area contributed by atoms with Gasteiger partial charge in [0, 0.05) is 5.56 Å². The fraction of sp³-hybridized carbons (Fsp3) is 0.125. The van der Waals surface area contributed by atoms with Crippen molar-refractivity contribution in [1.82, 2.24) is 14.8 Å². The van der Waals surface area contributed by atoms with E-state index in [4.69, 9.17) is 0 Å². The standard InChI is InChI=1S/C16H15N3O/c1-12-7-9-14(10-8-12)19-15(11-20)17-16(18-19)13-5-3-2-4-6-13/h2-10,20H,11H2,1H3. The quantitative estimate of drug-likeness (QED) is 0.792. The lowest BCUT2D eigenvalue weighted by Crippen LogP contribution is -2.02. The van der Waals surface area contributed by atoms with Crippen LogP contribution in [0.2, 0.25) is 0 Å². The highest BCUT2D eigenvalue weighted by atomic mass is 16.3. The molecule has 0 saturated carbocycles. The molecule has 4 heteroatoms. The molecule has 1 aromatic heterocycles. The lowest BCUT2D eigenvalue weighted by molar-refractivity contribution is 0.268. The van der Waals surface area contributed by atoms with E-state index in [0.717, 1.165) is 11.3 Å². The molecule has 0 saturated heterocycles. The summed E-state index contributed by atoms with van der Waals surface area (Å²) < 4.78 is 1.68. The first kappa shape index (κ1) is 12.6. The second-order valence-electron chi connectivity index (χ2n) is 4.62. The van der Waals surface area contributed by atoms with Crippen LogP contribution in [-0.2, 0) is 6.61 Å². The first-order valence-electron chi connectivity index (χ1n) is 6.47. The first-order chi connectivity index (χ1) is 9.78. The third-order valence-corrected chi connectivity index (χ3v) is 3.13. The molecule has 0 bridgehead atoms. The SMILES string of the molecule is Cc1ccc(-n2nc(-c3ccccc3)nc2CO)cc1. The van der Waals surface area contributed by atoms with E-state index >= 15 is 0 Å². The molecule has 3 rings (SSSR count). The summed E-state index contributed by atoms with van der Waals surface area (Å²) in [6, 6.07) is 17.7. The molecule has 0 aliphatic rings. The van der Waals surface area contributed by atoms with Gasteiger partial charge in [-0.25, -0.2) is 9.67 Å². The van der Waals surface area contributed by atoms with E-state index in [1.807, 2.05) is 61.5 Å². The molecule has 100 valence electrons. The second kappa shape index (κ2) is 5.27. The average Bonchev–Trinajstić information content (AvgIpc) is 2.93. The smallest absolute Gasteiger partial charge is 0.181 e. The predicted octanol–water partition coefficient (Wildman–Crippen LogP) is 2.74. The third-order valence-electron chi connectivity index (χ3n) is 3.13. The largest absolute Gasteiger partial charge is 0.388 e. The van der Waals surface area contributed by atoms with Gasteiger partial charge in [0.05, 0.1) is 5.69 Å². The minimum Gasteiger partial charge on any atom is -0.388 e. The van der Waals surface area contributed by atoms with Crippen LogP contribution < -0.4 is 0 Å². The summed E-state index contributed by atoms with van der Waals surface area (Å²) in [4.78, 5) is 4.40. The minimum absolute atomic E-state index is 0.145. The van der Waals surface area contributed by atoms with E-state index < -0.39 is 0 Å². The normalized spacial score (nSPS) is 10.7. The summed E-state index contributed by atoms with van der Waals surface area (Å²) in [5.74, 6) is 1.16. The Labute approximate surface area is 117 Å². The van der Waals surface area contributed by atoms with Crippen LogP contribution in [0.3, 0.4) is 0 Å². The van der Waals surface area contributed by atoms with Gasteiger partial charge < -0.3 is 5.11 Å². The number of nitrogens with zero attached hydrogens (tertiary/aromatic N) is 3. The van der Waals surface area contributed by atoms with Crippen molar-refractivity contribution in [3.05, 3.63) is 66.0 Å². The molecule has 4 nitrogen and oxygen atoms in total. The van der Waals surface area contributed by atoms with Crippen LogP contribution in [0.25, 0.3) is 17.1 Å². The Hall–Kier alpha value is -2.46. The van der Waals surface area contributed by atoms with Crippen molar-refractivity contribution in [3.8, 4) is 17.1 Å². The van der Waals surface area contributed by atoms with E-state index in [1.165, 1.54) is 5.56 Å². The molecule has 20 heavy (non-hydrogen) atoms. The number of aryl methyl sites for hydroxylation is 1. The van der Waals surface area contributed by atoms with Crippen LogP contribution in [-0.4, -0.2) is 19.9 Å². The molecule has 0 aliphatic heterocycles. The fourth-order valence-corrected chi connectivity index (χ4v) is 2.05. The maximum atomic E-state index is 9.47. The van der Waals surface area contributed by atoms with Crippen LogP contribution in [0.4, 0.5) is 0 Å².